The SMILES string of the molecule is CC(Sc1c(=O)o[nH][n+]1-c1ccccc1)C(=O)Nc1ccc2c(c1)OCCO2. The van der Waals surface area contributed by atoms with Gasteiger partial charge in [-0.2, -0.15) is 0 Å². The van der Waals surface area contributed by atoms with Crippen LogP contribution in [0.1, 0.15) is 6.92 Å². The van der Waals surface area contributed by atoms with Gasteiger partial charge in [-0.1, -0.05) is 18.2 Å². The van der Waals surface area contributed by atoms with E-state index in [-0.39, 0.29) is 10.9 Å². The molecule has 0 fully saturated rings. The Kier molecular flexibility index (Phi) is 5.07. The number of benzene rings is 2. The van der Waals surface area contributed by atoms with Crippen molar-refractivity contribution in [3.63, 3.8) is 0 Å². The second-order valence-electron chi connectivity index (χ2n) is 6.06. The lowest BCUT2D eigenvalue weighted by Crippen LogP contribution is -2.37. The van der Waals surface area contributed by atoms with Gasteiger partial charge in [0.15, 0.2) is 11.5 Å². The lowest BCUT2D eigenvalue weighted by atomic mass is 10.2. The van der Waals surface area contributed by atoms with Gasteiger partial charge in [0.05, 0.1) is 5.25 Å². The molecular weight excluding hydrogens is 382 g/mol. The molecule has 0 saturated heterocycles. The van der Waals surface area contributed by atoms with Gasteiger partial charge in [-0.15, -0.1) is 0 Å². The Morgan fingerprint density at radius 1 is 1.14 bits per heavy atom. The summed E-state index contributed by atoms with van der Waals surface area (Å²) in [6, 6.07) is 14.5. The van der Waals surface area contributed by atoms with Crippen molar-refractivity contribution in [2.75, 3.05) is 18.5 Å². The number of nitrogens with one attached hydrogen (secondary N) is 2. The van der Waals surface area contributed by atoms with Crippen LogP contribution in [-0.4, -0.2) is 29.6 Å². The minimum atomic E-state index is -0.540. The van der Waals surface area contributed by atoms with Gasteiger partial charge in [-0.05, 0) is 40.8 Å². The number of aromatic amines is 1. The van der Waals surface area contributed by atoms with Gasteiger partial charge in [0.1, 0.15) is 13.2 Å². The maximum absolute atomic E-state index is 12.6. The molecule has 3 aromatic rings. The number of aromatic nitrogens is 2. The number of hydrogen-bond acceptors (Lipinski definition) is 6. The largest absolute Gasteiger partial charge is 0.486 e. The lowest BCUT2D eigenvalue weighted by molar-refractivity contribution is -0.704. The molecule has 1 atom stereocenters. The van der Waals surface area contributed by atoms with Gasteiger partial charge in [0, 0.05) is 23.9 Å². The van der Waals surface area contributed by atoms with E-state index in [9.17, 15) is 9.59 Å². The van der Waals surface area contributed by atoms with Gasteiger partial charge in [0.25, 0.3) is 0 Å². The predicted molar refractivity (Wildman–Crippen MR) is 102 cm³/mol. The quantitative estimate of drug-likeness (QED) is 0.503. The van der Waals surface area contributed by atoms with Crippen LogP contribution in [-0.2, 0) is 4.79 Å². The molecule has 1 aliphatic rings. The molecule has 0 saturated carbocycles. The van der Waals surface area contributed by atoms with Gasteiger partial charge in [-0.25, -0.2) is 4.79 Å². The smallest absolute Gasteiger partial charge is 0.442 e. The molecular formula is C19H18N3O5S+. The summed E-state index contributed by atoms with van der Waals surface area (Å²) >= 11 is 1.11. The monoisotopic (exact) mass is 400 g/mol. The number of hydrogen-bond donors (Lipinski definition) is 2. The fourth-order valence-corrected chi connectivity index (χ4v) is 3.58. The number of H-pyrrole nitrogens is 1. The number of thioether (sulfide) groups is 1. The van der Waals surface area contributed by atoms with Crippen molar-refractivity contribution in [3.05, 3.63) is 59.0 Å². The lowest BCUT2D eigenvalue weighted by Gasteiger charge is -2.19. The molecule has 2 heterocycles. The minimum Gasteiger partial charge on any atom is -0.486 e. The summed E-state index contributed by atoms with van der Waals surface area (Å²) in [6.45, 7) is 2.70. The van der Waals surface area contributed by atoms with Crippen LogP contribution in [0.2, 0.25) is 0 Å². The highest BCUT2D eigenvalue weighted by atomic mass is 32.2. The second kappa shape index (κ2) is 7.81. The Hall–Kier alpha value is -3.20. The number of fused-ring (bicyclic) bond motifs is 1. The van der Waals surface area contributed by atoms with Crippen molar-refractivity contribution >= 4 is 23.4 Å². The number of carbonyl (C=O) groups excluding carboxylic acids is 1. The zero-order chi connectivity index (χ0) is 19.5. The van der Waals surface area contributed by atoms with Crippen molar-refractivity contribution in [2.45, 2.75) is 17.2 Å². The van der Waals surface area contributed by atoms with Crippen LogP contribution in [0.4, 0.5) is 5.69 Å². The third kappa shape index (κ3) is 3.74. The first-order chi connectivity index (χ1) is 13.6. The molecule has 1 unspecified atom stereocenters. The summed E-state index contributed by atoms with van der Waals surface area (Å²) in [6.07, 6.45) is 0. The van der Waals surface area contributed by atoms with Crippen molar-refractivity contribution in [1.29, 1.82) is 0 Å². The van der Waals surface area contributed by atoms with E-state index in [2.05, 4.69) is 10.6 Å². The zero-order valence-corrected chi connectivity index (χ0v) is 15.8. The Morgan fingerprint density at radius 2 is 1.89 bits per heavy atom. The summed E-state index contributed by atoms with van der Waals surface area (Å²) in [7, 11) is 0. The van der Waals surface area contributed by atoms with Crippen molar-refractivity contribution < 1.29 is 23.5 Å². The van der Waals surface area contributed by atoms with Crippen LogP contribution in [0.15, 0.2) is 62.9 Å². The molecule has 1 aliphatic heterocycles. The minimum absolute atomic E-state index is 0.248. The molecule has 2 aromatic carbocycles. The number of nitrogens with zero attached hydrogens (tertiary/aromatic N) is 1. The third-order valence-electron chi connectivity index (χ3n) is 4.09. The molecule has 0 spiro atoms. The van der Waals surface area contributed by atoms with Gasteiger partial charge >= 0.3 is 10.7 Å². The fourth-order valence-electron chi connectivity index (χ4n) is 2.70. The number of para-hydroxylation sites is 1. The molecule has 9 heteroatoms. The van der Waals surface area contributed by atoms with Crippen LogP contribution in [0, 0.1) is 0 Å². The molecule has 144 valence electrons. The van der Waals surface area contributed by atoms with E-state index < -0.39 is 10.9 Å². The Bertz CT molecular complexity index is 1050. The molecule has 1 aromatic heterocycles. The molecule has 0 bridgehead atoms. The van der Waals surface area contributed by atoms with Gasteiger partial charge < -0.3 is 14.8 Å². The molecule has 8 nitrogen and oxygen atoms in total. The standard InChI is InChI=1S/C19H17N3O5S/c1-12(17(23)20-13-7-8-15-16(11-13)26-10-9-25-15)28-18-19(24)27-21-22(18)14-5-3-2-4-6-14/h2-8,11-12H,9-10H2,1H3,(H-,20,21,23,24)/p+1. The second-order valence-corrected chi connectivity index (χ2v) is 7.39. The summed E-state index contributed by atoms with van der Waals surface area (Å²) < 4.78 is 17.4. The van der Waals surface area contributed by atoms with Gasteiger partial charge in [0.2, 0.25) is 11.6 Å². The summed E-state index contributed by atoms with van der Waals surface area (Å²) in [5, 5.41) is 5.15. The number of amides is 1. The predicted octanol–water partition coefficient (Wildman–Crippen LogP) is 2.14. The summed E-state index contributed by atoms with van der Waals surface area (Å²) in [4.78, 5) is 24.7. The van der Waals surface area contributed by atoms with Crippen LogP contribution in [0.3, 0.4) is 0 Å². The number of ether oxygens (including phenoxy) is 2. The summed E-state index contributed by atoms with van der Waals surface area (Å²) in [5.41, 5.74) is 0.793. The van der Waals surface area contributed by atoms with Crippen LogP contribution in [0.5, 0.6) is 11.5 Å². The highest BCUT2D eigenvalue weighted by Gasteiger charge is 2.29. The van der Waals surface area contributed by atoms with Crippen molar-refractivity contribution in [2.24, 2.45) is 0 Å². The number of rotatable bonds is 5. The average molecular weight is 400 g/mol. The maximum Gasteiger partial charge on any atom is 0.442 e. The average Bonchev–Trinajstić information content (AvgIpc) is 3.08. The topological polar surface area (TPSA) is 97.4 Å². The van der Waals surface area contributed by atoms with E-state index in [4.69, 9.17) is 14.0 Å². The zero-order valence-electron chi connectivity index (χ0n) is 15.0. The molecule has 4 rings (SSSR count). The number of anilines is 1. The van der Waals surface area contributed by atoms with E-state index >= 15 is 0 Å². The first kappa shape index (κ1) is 18.2. The summed E-state index contributed by atoms with van der Waals surface area (Å²) in [5.74, 6) is 1.000. The highest BCUT2D eigenvalue weighted by molar-refractivity contribution is 8.00. The Morgan fingerprint density at radius 3 is 2.68 bits per heavy atom. The van der Waals surface area contributed by atoms with Crippen LogP contribution < -0.4 is 25.1 Å². The maximum atomic E-state index is 12.6. The van der Waals surface area contributed by atoms with E-state index in [1.54, 1.807) is 25.1 Å². The molecule has 2 N–H and O–H groups in total. The van der Waals surface area contributed by atoms with Gasteiger partial charge in [-0.3, -0.25) is 9.32 Å². The first-order valence-electron chi connectivity index (χ1n) is 8.68. The normalized spacial score (nSPS) is 13.8. The van der Waals surface area contributed by atoms with E-state index in [0.717, 1.165) is 17.4 Å². The van der Waals surface area contributed by atoms with E-state index in [1.807, 2.05) is 30.3 Å². The van der Waals surface area contributed by atoms with E-state index in [0.29, 0.717) is 30.4 Å². The molecule has 0 aliphatic carbocycles. The molecule has 1 amide bonds. The van der Waals surface area contributed by atoms with Crippen molar-refractivity contribution in [3.8, 4) is 17.2 Å². The van der Waals surface area contributed by atoms with E-state index in [1.165, 1.54) is 4.68 Å². The van der Waals surface area contributed by atoms with Crippen molar-refractivity contribution in [1.82, 2.24) is 5.27 Å². The highest BCUT2D eigenvalue weighted by Crippen LogP contribution is 2.32. The first-order valence-corrected chi connectivity index (χ1v) is 9.56. The third-order valence-corrected chi connectivity index (χ3v) is 5.23. The Balaban J connectivity index is 1.49. The van der Waals surface area contributed by atoms with Crippen LogP contribution in [0.25, 0.3) is 5.69 Å². The molecule has 28 heavy (non-hydrogen) atoms. The van der Waals surface area contributed by atoms with Crippen LogP contribution >= 0.6 is 11.8 Å². The molecule has 0 radical (unpaired) electrons. The number of carbonyl (C=O) groups is 1. The Labute approximate surface area is 164 Å². The fraction of sp³-hybridized carbons (Fsp3) is 0.211.